The summed E-state index contributed by atoms with van der Waals surface area (Å²) in [7, 11) is 0. The second-order valence-electron chi connectivity index (χ2n) is 3.68. The van der Waals surface area contributed by atoms with Gasteiger partial charge in [-0.2, -0.15) is 0 Å². The fraction of sp³-hybridized carbons (Fsp3) is 0.417. The fourth-order valence-corrected chi connectivity index (χ4v) is 1.47. The molecule has 0 aromatic heterocycles. The minimum absolute atomic E-state index is 0.0299. The molecule has 1 N–H and O–H groups in total. The molecule has 6 heteroatoms. The van der Waals surface area contributed by atoms with E-state index in [1.165, 1.54) is 0 Å². The molecule has 1 aliphatic rings. The molecule has 2 rings (SSSR count). The summed E-state index contributed by atoms with van der Waals surface area (Å²) in [4.78, 5) is 11.3. The fourth-order valence-electron chi connectivity index (χ4n) is 1.47. The number of aliphatic hydroxyl groups excluding tert-OH is 1. The standard InChI is InChI=1S/C12H14O6/c13-6-11-15-7-10(17-11)8-16-12(14)18-9-4-2-1-3-5-9/h1-5,10-11,13H,6-8H2. The van der Waals surface area contributed by atoms with Crippen molar-refractivity contribution in [3.63, 3.8) is 0 Å². The Hall–Kier alpha value is -1.63. The van der Waals surface area contributed by atoms with Gasteiger partial charge in [0.15, 0.2) is 6.29 Å². The molecule has 1 heterocycles. The van der Waals surface area contributed by atoms with Crippen LogP contribution in [0.3, 0.4) is 0 Å². The molecule has 0 amide bonds. The molecule has 6 nitrogen and oxygen atoms in total. The van der Waals surface area contributed by atoms with Crippen molar-refractivity contribution in [2.45, 2.75) is 12.4 Å². The summed E-state index contributed by atoms with van der Waals surface area (Å²) in [6.07, 6.45) is -1.80. The van der Waals surface area contributed by atoms with Crippen molar-refractivity contribution < 1.29 is 28.8 Å². The lowest BCUT2D eigenvalue weighted by atomic mass is 10.3. The van der Waals surface area contributed by atoms with Crippen LogP contribution in [0.5, 0.6) is 5.75 Å². The Morgan fingerprint density at radius 1 is 1.39 bits per heavy atom. The highest BCUT2D eigenvalue weighted by molar-refractivity contribution is 5.63. The van der Waals surface area contributed by atoms with E-state index in [4.69, 9.17) is 24.1 Å². The highest BCUT2D eigenvalue weighted by atomic mass is 16.8. The molecule has 18 heavy (non-hydrogen) atoms. The normalized spacial score (nSPS) is 22.7. The van der Waals surface area contributed by atoms with E-state index in [1.54, 1.807) is 24.3 Å². The minimum atomic E-state index is -0.794. The number of ether oxygens (including phenoxy) is 4. The van der Waals surface area contributed by atoms with Gasteiger partial charge in [-0.1, -0.05) is 18.2 Å². The van der Waals surface area contributed by atoms with E-state index in [0.717, 1.165) is 0 Å². The molecule has 1 fully saturated rings. The smallest absolute Gasteiger partial charge is 0.431 e. The number of carbonyl (C=O) groups excluding carboxylic acids is 1. The molecule has 1 aromatic carbocycles. The maximum atomic E-state index is 11.3. The van der Waals surface area contributed by atoms with Crippen LogP contribution in [0.25, 0.3) is 0 Å². The van der Waals surface area contributed by atoms with Gasteiger partial charge in [0.25, 0.3) is 0 Å². The van der Waals surface area contributed by atoms with Gasteiger partial charge in [0.2, 0.25) is 0 Å². The second-order valence-corrected chi connectivity index (χ2v) is 3.68. The first kappa shape index (κ1) is 12.8. The molecule has 0 radical (unpaired) electrons. The van der Waals surface area contributed by atoms with Crippen LogP contribution >= 0.6 is 0 Å². The van der Waals surface area contributed by atoms with Crippen LogP contribution in [0.4, 0.5) is 4.79 Å². The zero-order chi connectivity index (χ0) is 12.8. The van der Waals surface area contributed by atoms with Crippen molar-refractivity contribution in [3.8, 4) is 5.75 Å². The van der Waals surface area contributed by atoms with Crippen LogP contribution < -0.4 is 4.74 Å². The van der Waals surface area contributed by atoms with E-state index in [2.05, 4.69) is 0 Å². The van der Waals surface area contributed by atoms with E-state index < -0.39 is 12.4 Å². The minimum Gasteiger partial charge on any atom is -0.431 e. The number of para-hydroxylation sites is 1. The molecule has 98 valence electrons. The largest absolute Gasteiger partial charge is 0.513 e. The van der Waals surface area contributed by atoms with Crippen molar-refractivity contribution in [2.75, 3.05) is 19.8 Å². The molecule has 2 unspecified atom stereocenters. The lowest BCUT2D eigenvalue weighted by Crippen LogP contribution is -2.23. The molecule has 0 bridgehead atoms. The highest BCUT2D eigenvalue weighted by Crippen LogP contribution is 2.12. The predicted octanol–water partition coefficient (Wildman–Crippen LogP) is 0.936. The SMILES string of the molecule is O=C(OCC1COC(CO)O1)Oc1ccccc1. The second kappa shape index (κ2) is 6.34. The Labute approximate surface area is 104 Å². The van der Waals surface area contributed by atoms with Gasteiger partial charge in [-0.3, -0.25) is 0 Å². The Morgan fingerprint density at radius 2 is 2.17 bits per heavy atom. The zero-order valence-corrected chi connectivity index (χ0v) is 9.65. The molecule has 1 aliphatic heterocycles. The first-order valence-corrected chi connectivity index (χ1v) is 5.55. The Kier molecular flexibility index (Phi) is 4.52. The van der Waals surface area contributed by atoms with E-state index >= 15 is 0 Å². The van der Waals surface area contributed by atoms with Crippen LogP contribution in [-0.2, 0) is 14.2 Å². The van der Waals surface area contributed by atoms with Crippen LogP contribution in [0.1, 0.15) is 0 Å². The van der Waals surface area contributed by atoms with Gasteiger partial charge in [-0.05, 0) is 12.1 Å². The van der Waals surface area contributed by atoms with E-state index in [9.17, 15) is 4.79 Å². The molecule has 0 spiro atoms. The van der Waals surface area contributed by atoms with Crippen LogP contribution in [0.15, 0.2) is 30.3 Å². The number of aliphatic hydroxyl groups is 1. The lowest BCUT2D eigenvalue weighted by molar-refractivity contribution is -0.0942. The predicted molar refractivity (Wildman–Crippen MR) is 60.1 cm³/mol. The highest BCUT2D eigenvalue weighted by Gasteiger charge is 2.26. The average molecular weight is 254 g/mol. The van der Waals surface area contributed by atoms with Crippen molar-refractivity contribution >= 4 is 6.16 Å². The summed E-state index contributed by atoms with van der Waals surface area (Å²) in [5.74, 6) is 0.416. The van der Waals surface area contributed by atoms with Crippen molar-refractivity contribution in [1.82, 2.24) is 0 Å². The molecule has 0 aliphatic carbocycles. The number of carbonyl (C=O) groups is 1. The Morgan fingerprint density at radius 3 is 2.83 bits per heavy atom. The van der Waals surface area contributed by atoms with Gasteiger partial charge in [-0.25, -0.2) is 4.79 Å². The Balaban J connectivity index is 1.69. The number of rotatable bonds is 4. The number of hydrogen-bond acceptors (Lipinski definition) is 6. The van der Waals surface area contributed by atoms with E-state index in [1.807, 2.05) is 6.07 Å². The molecular formula is C12H14O6. The summed E-state index contributed by atoms with van der Waals surface area (Å²) >= 11 is 0. The first-order chi connectivity index (χ1) is 8.78. The molecule has 0 saturated carbocycles. The van der Waals surface area contributed by atoms with Gasteiger partial charge in [0, 0.05) is 0 Å². The molecule has 1 saturated heterocycles. The van der Waals surface area contributed by atoms with Crippen molar-refractivity contribution in [2.24, 2.45) is 0 Å². The maximum absolute atomic E-state index is 11.3. The monoisotopic (exact) mass is 254 g/mol. The van der Waals surface area contributed by atoms with Crippen molar-refractivity contribution in [3.05, 3.63) is 30.3 Å². The quantitative estimate of drug-likeness (QED) is 0.636. The third kappa shape index (κ3) is 3.69. The van der Waals surface area contributed by atoms with Gasteiger partial charge < -0.3 is 24.1 Å². The first-order valence-electron chi connectivity index (χ1n) is 5.55. The molecule has 2 atom stereocenters. The maximum Gasteiger partial charge on any atom is 0.513 e. The molecule has 1 aromatic rings. The average Bonchev–Trinajstić information content (AvgIpc) is 2.85. The zero-order valence-electron chi connectivity index (χ0n) is 9.65. The van der Waals surface area contributed by atoms with Gasteiger partial charge in [0.1, 0.15) is 18.5 Å². The lowest BCUT2D eigenvalue weighted by Gasteiger charge is -2.10. The number of hydrogen-bond donors (Lipinski definition) is 1. The summed E-state index contributed by atoms with van der Waals surface area (Å²) in [6.45, 7) is 0.0942. The number of benzene rings is 1. The van der Waals surface area contributed by atoms with Crippen LogP contribution in [0.2, 0.25) is 0 Å². The third-order valence-corrected chi connectivity index (χ3v) is 2.29. The van der Waals surface area contributed by atoms with E-state index in [0.29, 0.717) is 5.75 Å². The van der Waals surface area contributed by atoms with Gasteiger partial charge in [0.05, 0.1) is 13.2 Å². The molecular weight excluding hydrogens is 240 g/mol. The van der Waals surface area contributed by atoms with Gasteiger partial charge >= 0.3 is 6.16 Å². The van der Waals surface area contributed by atoms with Crippen molar-refractivity contribution in [1.29, 1.82) is 0 Å². The van der Waals surface area contributed by atoms with Crippen LogP contribution in [0, 0.1) is 0 Å². The van der Waals surface area contributed by atoms with Gasteiger partial charge in [-0.15, -0.1) is 0 Å². The summed E-state index contributed by atoms with van der Waals surface area (Å²) < 4.78 is 20.1. The summed E-state index contributed by atoms with van der Waals surface area (Å²) in [5.41, 5.74) is 0. The van der Waals surface area contributed by atoms with E-state index in [-0.39, 0.29) is 25.9 Å². The summed E-state index contributed by atoms with van der Waals surface area (Å²) in [5, 5.41) is 8.77. The Bertz CT molecular complexity index is 379. The topological polar surface area (TPSA) is 74.2 Å². The third-order valence-electron chi connectivity index (χ3n) is 2.29. The summed E-state index contributed by atoms with van der Waals surface area (Å²) in [6, 6.07) is 8.62. The van der Waals surface area contributed by atoms with Crippen LogP contribution in [-0.4, -0.2) is 43.5 Å².